The molecule has 0 bridgehead atoms. The topological polar surface area (TPSA) is 78.9 Å². The number of morpholine rings is 1. The first-order chi connectivity index (χ1) is 10.0. The Hall–Kier alpha value is -1.60. The zero-order valence-electron chi connectivity index (χ0n) is 11.6. The van der Waals surface area contributed by atoms with Crippen LogP contribution in [0.25, 0.3) is 0 Å². The maximum atomic E-state index is 12.2. The summed E-state index contributed by atoms with van der Waals surface area (Å²) in [6.07, 6.45) is 0.871. The third-order valence-corrected chi connectivity index (χ3v) is 3.83. The molecule has 2 amide bonds. The van der Waals surface area contributed by atoms with Gasteiger partial charge in [0.15, 0.2) is 0 Å². The summed E-state index contributed by atoms with van der Waals surface area (Å²) < 4.78 is 6.16. The SMILES string of the molecule is CCC1CN(C(=O)Nc2ccc(Br)cc2C(=O)O)CCO1. The smallest absolute Gasteiger partial charge is 0.337 e. The van der Waals surface area contributed by atoms with Crippen LogP contribution < -0.4 is 5.32 Å². The largest absolute Gasteiger partial charge is 0.478 e. The zero-order chi connectivity index (χ0) is 15.4. The highest BCUT2D eigenvalue weighted by molar-refractivity contribution is 9.10. The van der Waals surface area contributed by atoms with Gasteiger partial charge in [-0.2, -0.15) is 0 Å². The molecule has 1 heterocycles. The lowest BCUT2D eigenvalue weighted by Gasteiger charge is -2.32. The molecule has 1 aliphatic rings. The van der Waals surface area contributed by atoms with Crippen molar-refractivity contribution in [2.75, 3.05) is 25.0 Å². The Morgan fingerprint density at radius 1 is 1.52 bits per heavy atom. The molecule has 21 heavy (non-hydrogen) atoms. The predicted molar refractivity (Wildman–Crippen MR) is 81.7 cm³/mol. The van der Waals surface area contributed by atoms with E-state index in [-0.39, 0.29) is 23.4 Å². The van der Waals surface area contributed by atoms with Crippen LogP contribution in [0.1, 0.15) is 23.7 Å². The maximum absolute atomic E-state index is 12.2. The summed E-state index contributed by atoms with van der Waals surface area (Å²) in [6.45, 7) is 3.52. The second-order valence-electron chi connectivity index (χ2n) is 4.77. The number of aromatic carboxylic acids is 1. The van der Waals surface area contributed by atoms with Crippen LogP contribution >= 0.6 is 15.9 Å². The van der Waals surface area contributed by atoms with Gasteiger partial charge in [0.1, 0.15) is 0 Å². The molecule has 0 aromatic heterocycles. The Balaban J connectivity index is 2.11. The summed E-state index contributed by atoms with van der Waals surface area (Å²) in [6, 6.07) is 4.42. The Bertz CT molecular complexity index is 550. The molecule has 114 valence electrons. The Labute approximate surface area is 131 Å². The third-order valence-electron chi connectivity index (χ3n) is 3.33. The Kier molecular flexibility index (Phi) is 5.19. The molecule has 2 N–H and O–H groups in total. The van der Waals surface area contributed by atoms with E-state index in [1.165, 1.54) is 6.07 Å². The van der Waals surface area contributed by atoms with E-state index in [2.05, 4.69) is 21.2 Å². The third kappa shape index (κ3) is 3.95. The van der Waals surface area contributed by atoms with E-state index < -0.39 is 5.97 Å². The first kappa shape index (κ1) is 15.8. The van der Waals surface area contributed by atoms with Crippen molar-refractivity contribution in [3.8, 4) is 0 Å². The normalized spacial score (nSPS) is 18.4. The fourth-order valence-corrected chi connectivity index (χ4v) is 2.51. The lowest BCUT2D eigenvalue weighted by molar-refractivity contribution is -0.0134. The Morgan fingerprint density at radius 3 is 2.95 bits per heavy atom. The zero-order valence-corrected chi connectivity index (χ0v) is 13.2. The molecule has 0 aliphatic carbocycles. The Morgan fingerprint density at radius 2 is 2.29 bits per heavy atom. The van der Waals surface area contributed by atoms with Crippen molar-refractivity contribution in [3.63, 3.8) is 0 Å². The monoisotopic (exact) mass is 356 g/mol. The molecule has 0 radical (unpaired) electrons. The molecule has 2 rings (SSSR count). The summed E-state index contributed by atoms with van der Waals surface area (Å²) in [5, 5.41) is 11.9. The molecule has 0 spiro atoms. The highest BCUT2D eigenvalue weighted by atomic mass is 79.9. The maximum Gasteiger partial charge on any atom is 0.337 e. The van der Waals surface area contributed by atoms with Crippen molar-refractivity contribution in [1.82, 2.24) is 4.90 Å². The molecule has 1 saturated heterocycles. The van der Waals surface area contributed by atoms with Crippen LogP contribution in [0, 0.1) is 0 Å². The van der Waals surface area contributed by atoms with Crippen LogP contribution in [-0.2, 0) is 4.74 Å². The minimum absolute atomic E-state index is 0.0355. The number of nitrogens with one attached hydrogen (secondary N) is 1. The van der Waals surface area contributed by atoms with Crippen molar-refractivity contribution in [2.24, 2.45) is 0 Å². The van der Waals surface area contributed by atoms with Gasteiger partial charge < -0.3 is 20.1 Å². The second kappa shape index (κ2) is 6.91. The van der Waals surface area contributed by atoms with Crippen LogP contribution in [0.4, 0.5) is 10.5 Å². The van der Waals surface area contributed by atoms with Crippen LogP contribution in [0.2, 0.25) is 0 Å². The van der Waals surface area contributed by atoms with Crippen molar-refractivity contribution >= 4 is 33.6 Å². The fraction of sp³-hybridized carbons (Fsp3) is 0.429. The summed E-state index contributed by atoms with van der Waals surface area (Å²) in [4.78, 5) is 25.1. The van der Waals surface area contributed by atoms with Crippen LogP contribution in [0.5, 0.6) is 0 Å². The van der Waals surface area contributed by atoms with Crippen LogP contribution in [0.3, 0.4) is 0 Å². The lowest BCUT2D eigenvalue weighted by Crippen LogP contribution is -2.47. The van der Waals surface area contributed by atoms with Gasteiger partial charge in [0.2, 0.25) is 0 Å². The van der Waals surface area contributed by atoms with Crippen molar-refractivity contribution in [1.29, 1.82) is 0 Å². The average Bonchev–Trinajstić information content (AvgIpc) is 2.48. The molecular formula is C14H17BrN2O4. The number of benzene rings is 1. The van der Waals surface area contributed by atoms with Crippen LogP contribution in [-0.4, -0.2) is 47.8 Å². The number of carbonyl (C=O) groups is 2. The van der Waals surface area contributed by atoms with E-state index in [4.69, 9.17) is 4.74 Å². The molecule has 1 aromatic carbocycles. The number of hydrogen-bond acceptors (Lipinski definition) is 3. The predicted octanol–water partition coefficient (Wildman–Crippen LogP) is 2.79. The molecule has 1 aromatic rings. The molecule has 1 unspecified atom stereocenters. The number of rotatable bonds is 3. The number of urea groups is 1. The summed E-state index contributed by atoms with van der Waals surface area (Å²) in [7, 11) is 0. The van der Waals surface area contributed by atoms with E-state index >= 15 is 0 Å². The van der Waals surface area contributed by atoms with Gasteiger partial charge in [0, 0.05) is 17.6 Å². The molecule has 6 nitrogen and oxygen atoms in total. The number of ether oxygens (including phenoxy) is 1. The number of carboxylic acids is 1. The second-order valence-corrected chi connectivity index (χ2v) is 5.69. The quantitative estimate of drug-likeness (QED) is 0.872. The fourth-order valence-electron chi connectivity index (χ4n) is 2.15. The van der Waals surface area contributed by atoms with Gasteiger partial charge in [0.05, 0.1) is 24.0 Å². The van der Waals surface area contributed by atoms with E-state index in [9.17, 15) is 14.7 Å². The van der Waals surface area contributed by atoms with Crippen molar-refractivity contribution in [2.45, 2.75) is 19.4 Å². The number of nitrogens with zero attached hydrogens (tertiary/aromatic N) is 1. The minimum atomic E-state index is -1.08. The first-order valence-corrected chi connectivity index (χ1v) is 7.51. The lowest BCUT2D eigenvalue weighted by atomic mass is 10.2. The first-order valence-electron chi connectivity index (χ1n) is 6.71. The van der Waals surface area contributed by atoms with Gasteiger partial charge in [-0.25, -0.2) is 9.59 Å². The standard InChI is InChI=1S/C14H17BrN2O4/c1-2-10-8-17(5-6-21-10)14(20)16-12-4-3-9(15)7-11(12)13(18)19/h3-4,7,10H,2,5-6,8H2,1H3,(H,16,20)(H,18,19). The van der Waals surface area contributed by atoms with Crippen molar-refractivity contribution < 1.29 is 19.4 Å². The van der Waals surface area contributed by atoms with Crippen molar-refractivity contribution in [3.05, 3.63) is 28.2 Å². The van der Waals surface area contributed by atoms with E-state index in [0.29, 0.717) is 24.2 Å². The highest BCUT2D eigenvalue weighted by Gasteiger charge is 2.24. The molecule has 7 heteroatoms. The summed E-state index contributed by atoms with van der Waals surface area (Å²) in [5.74, 6) is -1.08. The summed E-state index contributed by atoms with van der Waals surface area (Å²) in [5.41, 5.74) is 0.341. The minimum Gasteiger partial charge on any atom is -0.478 e. The highest BCUT2D eigenvalue weighted by Crippen LogP contribution is 2.22. The number of carboxylic acid groups (broad SMARTS) is 1. The van der Waals surface area contributed by atoms with Gasteiger partial charge >= 0.3 is 12.0 Å². The van der Waals surface area contributed by atoms with Gasteiger partial charge in [-0.1, -0.05) is 22.9 Å². The van der Waals surface area contributed by atoms with E-state index in [1.807, 2.05) is 6.92 Å². The average molecular weight is 357 g/mol. The number of anilines is 1. The molecular weight excluding hydrogens is 340 g/mol. The van der Waals surface area contributed by atoms with Gasteiger partial charge in [-0.15, -0.1) is 0 Å². The van der Waals surface area contributed by atoms with Gasteiger partial charge in [-0.3, -0.25) is 0 Å². The number of hydrogen-bond donors (Lipinski definition) is 2. The number of carbonyl (C=O) groups excluding carboxylic acids is 1. The number of amides is 2. The molecule has 1 aliphatic heterocycles. The van der Waals surface area contributed by atoms with Crippen LogP contribution in [0.15, 0.2) is 22.7 Å². The summed E-state index contributed by atoms with van der Waals surface area (Å²) >= 11 is 3.22. The van der Waals surface area contributed by atoms with E-state index in [0.717, 1.165) is 6.42 Å². The molecule has 1 atom stereocenters. The number of halogens is 1. The molecule has 0 saturated carbocycles. The molecule has 1 fully saturated rings. The van der Waals surface area contributed by atoms with E-state index in [1.54, 1.807) is 17.0 Å². The van der Waals surface area contributed by atoms with Gasteiger partial charge in [0.25, 0.3) is 0 Å². The van der Waals surface area contributed by atoms with Gasteiger partial charge in [-0.05, 0) is 24.6 Å².